The maximum absolute atomic E-state index is 12.3. The molecular weight excluding hydrogens is 334 g/mol. The summed E-state index contributed by atoms with van der Waals surface area (Å²) in [6.07, 6.45) is 0.384. The van der Waals surface area contributed by atoms with Gasteiger partial charge >= 0.3 is 6.03 Å². The smallest absolute Gasteiger partial charge is 0.322 e. The number of carbonyl (C=O) groups excluding carboxylic acids is 3. The Hall–Kier alpha value is -3.61. The van der Waals surface area contributed by atoms with Gasteiger partial charge in [0.2, 0.25) is 0 Å². The number of nitrogens with one attached hydrogen (secondary N) is 3. The molecular formula is C19H15N3O4. The molecule has 2 heterocycles. The standard InChI is InChI=1S/C19H15N3O4/c23-17-14(21-19(25)22-17)9-11-5-7-13(8-6-11)20-18(24)16-10-12-3-1-2-4-15(12)26-16/h1-8,10,14H,9H2,(H,20,24)(H2,21,22,23,25). The van der Waals surface area contributed by atoms with Gasteiger partial charge in [0.25, 0.3) is 11.8 Å². The summed E-state index contributed by atoms with van der Waals surface area (Å²) in [5.74, 6) is -0.436. The monoisotopic (exact) mass is 349 g/mol. The summed E-state index contributed by atoms with van der Waals surface area (Å²) in [4.78, 5) is 35.0. The number of para-hydroxylation sites is 1. The maximum Gasteiger partial charge on any atom is 0.322 e. The molecule has 1 aliphatic heterocycles. The lowest BCUT2D eigenvalue weighted by molar-refractivity contribution is -0.120. The maximum atomic E-state index is 12.3. The van der Waals surface area contributed by atoms with Gasteiger partial charge in [-0.05, 0) is 29.8 Å². The van der Waals surface area contributed by atoms with Gasteiger partial charge in [0.15, 0.2) is 5.76 Å². The van der Waals surface area contributed by atoms with Crippen LogP contribution in [0.4, 0.5) is 10.5 Å². The summed E-state index contributed by atoms with van der Waals surface area (Å²) >= 11 is 0. The average molecular weight is 349 g/mol. The molecule has 0 spiro atoms. The van der Waals surface area contributed by atoms with Crippen LogP contribution in [0.2, 0.25) is 0 Å². The van der Waals surface area contributed by atoms with Crippen molar-refractivity contribution in [2.24, 2.45) is 0 Å². The van der Waals surface area contributed by atoms with Gasteiger partial charge in [0.05, 0.1) is 0 Å². The lowest BCUT2D eigenvalue weighted by atomic mass is 10.1. The molecule has 1 atom stereocenters. The third kappa shape index (κ3) is 3.14. The van der Waals surface area contributed by atoms with Gasteiger partial charge in [-0.2, -0.15) is 0 Å². The van der Waals surface area contributed by atoms with Gasteiger partial charge in [-0.25, -0.2) is 4.79 Å². The van der Waals surface area contributed by atoms with Crippen LogP contribution >= 0.6 is 0 Å². The van der Waals surface area contributed by atoms with Gasteiger partial charge in [-0.3, -0.25) is 14.9 Å². The Morgan fingerprint density at radius 1 is 1.08 bits per heavy atom. The molecule has 130 valence electrons. The Kier molecular flexibility index (Phi) is 3.89. The number of rotatable bonds is 4. The number of carbonyl (C=O) groups is 3. The van der Waals surface area contributed by atoms with Crippen LogP contribution in [-0.2, 0) is 11.2 Å². The van der Waals surface area contributed by atoms with Crippen LogP contribution in [0.1, 0.15) is 16.1 Å². The number of hydrogen-bond acceptors (Lipinski definition) is 4. The molecule has 26 heavy (non-hydrogen) atoms. The first-order valence-corrected chi connectivity index (χ1v) is 8.09. The molecule has 0 bridgehead atoms. The SMILES string of the molecule is O=C1NC(=O)C(Cc2ccc(NC(=O)c3cc4ccccc4o3)cc2)N1. The third-order valence-corrected chi connectivity index (χ3v) is 4.16. The Labute approximate surface area is 148 Å². The Bertz CT molecular complexity index is 974. The van der Waals surface area contributed by atoms with Crippen molar-refractivity contribution in [2.75, 3.05) is 5.32 Å². The summed E-state index contributed by atoms with van der Waals surface area (Å²) in [5, 5.41) is 8.39. The van der Waals surface area contributed by atoms with Gasteiger partial charge in [-0.15, -0.1) is 0 Å². The van der Waals surface area contributed by atoms with Crippen molar-refractivity contribution in [3.8, 4) is 0 Å². The highest BCUT2D eigenvalue weighted by Gasteiger charge is 2.29. The van der Waals surface area contributed by atoms with Crippen LogP contribution in [0.5, 0.6) is 0 Å². The summed E-state index contributed by atoms with van der Waals surface area (Å²) in [6, 6.07) is 15.1. The van der Waals surface area contributed by atoms with Crippen LogP contribution < -0.4 is 16.0 Å². The van der Waals surface area contributed by atoms with Crippen molar-refractivity contribution < 1.29 is 18.8 Å². The molecule has 0 aliphatic carbocycles. The van der Waals surface area contributed by atoms with Crippen molar-refractivity contribution in [3.63, 3.8) is 0 Å². The van der Waals surface area contributed by atoms with E-state index in [1.807, 2.05) is 18.2 Å². The topological polar surface area (TPSA) is 100 Å². The first-order chi connectivity index (χ1) is 12.6. The second-order valence-electron chi connectivity index (χ2n) is 6.02. The zero-order valence-corrected chi connectivity index (χ0v) is 13.6. The normalized spacial score (nSPS) is 16.4. The second-order valence-corrected chi connectivity index (χ2v) is 6.02. The van der Waals surface area contributed by atoms with Crippen LogP contribution in [-0.4, -0.2) is 23.9 Å². The molecule has 0 saturated carbocycles. The van der Waals surface area contributed by atoms with E-state index in [0.717, 1.165) is 10.9 Å². The molecule has 4 amide bonds. The van der Waals surface area contributed by atoms with Crippen LogP contribution in [0.25, 0.3) is 11.0 Å². The molecule has 2 aromatic carbocycles. The number of urea groups is 1. The minimum absolute atomic E-state index is 0.237. The van der Waals surface area contributed by atoms with Crippen LogP contribution in [0, 0.1) is 0 Å². The lowest BCUT2D eigenvalue weighted by Gasteiger charge is -2.08. The summed E-state index contributed by atoms with van der Waals surface area (Å²) in [7, 11) is 0. The van der Waals surface area contributed by atoms with Gasteiger partial charge in [0, 0.05) is 17.5 Å². The molecule has 3 aromatic rings. The van der Waals surface area contributed by atoms with Gasteiger partial charge < -0.3 is 15.1 Å². The predicted octanol–water partition coefficient (Wildman–Crippen LogP) is 2.44. The third-order valence-electron chi connectivity index (χ3n) is 4.16. The zero-order chi connectivity index (χ0) is 18.1. The van der Waals surface area contributed by atoms with E-state index in [0.29, 0.717) is 17.7 Å². The second kappa shape index (κ2) is 6.36. The number of anilines is 1. The highest BCUT2D eigenvalue weighted by molar-refractivity contribution is 6.05. The molecule has 1 aromatic heterocycles. The average Bonchev–Trinajstić information content (AvgIpc) is 3.19. The highest BCUT2D eigenvalue weighted by Crippen LogP contribution is 2.20. The molecule has 4 rings (SSSR count). The molecule has 1 aliphatic rings. The molecule has 1 fully saturated rings. The van der Waals surface area contributed by atoms with Crippen molar-refractivity contribution >= 4 is 34.5 Å². The number of amides is 4. The Morgan fingerprint density at radius 3 is 2.54 bits per heavy atom. The Balaban J connectivity index is 1.43. The molecule has 1 saturated heterocycles. The van der Waals surface area contributed by atoms with E-state index >= 15 is 0 Å². The summed E-state index contributed by atoms with van der Waals surface area (Å²) < 4.78 is 5.54. The number of benzene rings is 2. The lowest BCUT2D eigenvalue weighted by Crippen LogP contribution is -2.31. The molecule has 1 unspecified atom stereocenters. The van der Waals surface area contributed by atoms with Crippen LogP contribution in [0.3, 0.4) is 0 Å². The molecule has 3 N–H and O–H groups in total. The van der Waals surface area contributed by atoms with Crippen molar-refractivity contribution in [3.05, 3.63) is 65.9 Å². The minimum atomic E-state index is -0.571. The fraction of sp³-hybridized carbons (Fsp3) is 0.105. The first kappa shape index (κ1) is 15.9. The van der Waals surface area contributed by atoms with Crippen LogP contribution in [0.15, 0.2) is 59.0 Å². The van der Waals surface area contributed by atoms with E-state index in [2.05, 4.69) is 16.0 Å². The quantitative estimate of drug-likeness (QED) is 0.630. The highest BCUT2D eigenvalue weighted by atomic mass is 16.3. The largest absolute Gasteiger partial charge is 0.451 e. The number of imide groups is 1. The van der Waals surface area contributed by atoms with E-state index in [1.54, 1.807) is 36.4 Å². The van der Waals surface area contributed by atoms with Gasteiger partial charge in [-0.1, -0.05) is 30.3 Å². The number of hydrogen-bond donors (Lipinski definition) is 3. The molecule has 7 nitrogen and oxygen atoms in total. The number of furan rings is 1. The van der Waals surface area contributed by atoms with E-state index in [1.165, 1.54) is 0 Å². The molecule has 0 radical (unpaired) electrons. The number of fused-ring (bicyclic) bond motifs is 1. The Morgan fingerprint density at radius 2 is 1.85 bits per heavy atom. The molecule has 7 heteroatoms. The fourth-order valence-electron chi connectivity index (χ4n) is 2.85. The van der Waals surface area contributed by atoms with Crippen molar-refractivity contribution in [2.45, 2.75) is 12.5 Å². The first-order valence-electron chi connectivity index (χ1n) is 8.09. The predicted molar refractivity (Wildman–Crippen MR) is 94.8 cm³/mol. The minimum Gasteiger partial charge on any atom is -0.451 e. The van der Waals surface area contributed by atoms with Crippen molar-refractivity contribution in [1.82, 2.24) is 10.6 Å². The van der Waals surface area contributed by atoms with Gasteiger partial charge in [0.1, 0.15) is 11.6 Å². The van der Waals surface area contributed by atoms with E-state index in [-0.39, 0.29) is 17.6 Å². The summed E-state index contributed by atoms with van der Waals surface area (Å²) in [6.45, 7) is 0. The van der Waals surface area contributed by atoms with E-state index in [9.17, 15) is 14.4 Å². The van der Waals surface area contributed by atoms with E-state index in [4.69, 9.17) is 4.42 Å². The zero-order valence-electron chi connectivity index (χ0n) is 13.6. The van der Waals surface area contributed by atoms with E-state index < -0.39 is 12.1 Å². The van der Waals surface area contributed by atoms with Crippen molar-refractivity contribution in [1.29, 1.82) is 0 Å². The fourth-order valence-corrected chi connectivity index (χ4v) is 2.85. The summed E-state index contributed by atoms with van der Waals surface area (Å²) in [5.41, 5.74) is 2.14.